The quantitative estimate of drug-likeness (QED) is 0.399. The summed E-state index contributed by atoms with van der Waals surface area (Å²) >= 11 is 0. The summed E-state index contributed by atoms with van der Waals surface area (Å²) in [4.78, 5) is 29.1. The van der Waals surface area contributed by atoms with Crippen molar-refractivity contribution in [1.82, 2.24) is 10.2 Å². The Labute approximate surface area is 219 Å². The third-order valence-electron chi connectivity index (χ3n) is 6.84. The van der Waals surface area contributed by atoms with Gasteiger partial charge in [0, 0.05) is 19.0 Å². The van der Waals surface area contributed by atoms with Gasteiger partial charge in [-0.1, -0.05) is 73.0 Å². The van der Waals surface area contributed by atoms with Crippen LogP contribution in [0.4, 0.5) is 0 Å². The summed E-state index contributed by atoms with van der Waals surface area (Å²) in [5.41, 5.74) is 3.00. The predicted octanol–water partition coefficient (Wildman–Crippen LogP) is 5.08. The first-order valence-electron chi connectivity index (χ1n) is 13.0. The van der Waals surface area contributed by atoms with E-state index in [1.54, 1.807) is 12.0 Å². The summed E-state index contributed by atoms with van der Waals surface area (Å²) in [5.74, 6) is 0.958. The number of ether oxygens (including phenoxy) is 2. The van der Waals surface area contributed by atoms with Crippen LogP contribution in [0.25, 0.3) is 0 Å². The zero-order valence-electron chi connectivity index (χ0n) is 21.7. The summed E-state index contributed by atoms with van der Waals surface area (Å²) in [6, 6.07) is 24.5. The molecule has 0 heterocycles. The molecule has 1 aliphatic carbocycles. The molecule has 0 radical (unpaired) electrons. The van der Waals surface area contributed by atoms with Gasteiger partial charge in [-0.15, -0.1) is 0 Å². The second-order valence-electron chi connectivity index (χ2n) is 9.67. The van der Waals surface area contributed by atoms with E-state index in [1.807, 2.05) is 85.8 Å². The second kappa shape index (κ2) is 12.9. The van der Waals surface area contributed by atoms with Crippen LogP contribution in [-0.2, 0) is 22.6 Å². The Balaban J connectivity index is 1.61. The Kier molecular flexibility index (Phi) is 9.19. The number of hydrogen-bond acceptors (Lipinski definition) is 4. The highest BCUT2D eigenvalue weighted by Crippen LogP contribution is 2.21. The van der Waals surface area contributed by atoms with Gasteiger partial charge in [0.25, 0.3) is 5.91 Å². The van der Waals surface area contributed by atoms with Crippen LogP contribution in [0.5, 0.6) is 11.5 Å². The fourth-order valence-corrected chi connectivity index (χ4v) is 4.75. The SMILES string of the molecule is COc1cccc(CN(C(=O)COc2ccc(C)cc2)C(Cc2ccccc2)C(=O)NC2CCCC2)c1. The van der Waals surface area contributed by atoms with Gasteiger partial charge in [0.15, 0.2) is 6.61 Å². The van der Waals surface area contributed by atoms with Crippen LogP contribution in [0.2, 0.25) is 0 Å². The third kappa shape index (κ3) is 7.59. The number of methoxy groups -OCH3 is 1. The van der Waals surface area contributed by atoms with Crippen molar-refractivity contribution in [3.8, 4) is 11.5 Å². The Morgan fingerprint density at radius 3 is 2.32 bits per heavy atom. The fourth-order valence-electron chi connectivity index (χ4n) is 4.75. The number of benzene rings is 3. The van der Waals surface area contributed by atoms with E-state index >= 15 is 0 Å². The Morgan fingerprint density at radius 1 is 0.919 bits per heavy atom. The fraction of sp³-hybridized carbons (Fsp3) is 0.355. The summed E-state index contributed by atoms with van der Waals surface area (Å²) in [6.07, 6.45) is 4.60. The Morgan fingerprint density at radius 2 is 1.62 bits per heavy atom. The van der Waals surface area contributed by atoms with E-state index in [-0.39, 0.29) is 31.0 Å². The van der Waals surface area contributed by atoms with Gasteiger partial charge >= 0.3 is 0 Å². The van der Waals surface area contributed by atoms with Crippen molar-refractivity contribution in [1.29, 1.82) is 0 Å². The molecule has 0 aliphatic heterocycles. The molecule has 4 rings (SSSR count). The molecule has 2 amide bonds. The molecule has 1 atom stereocenters. The van der Waals surface area contributed by atoms with E-state index in [1.165, 1.54) is 0 Å². The van der Waals surface area contributed by atoms with Gasteiger partial charge in [0.1, 0.15) is 17.5 Å². The van der Waals surface area contributed by atoms with Crippen molar-refractivity contribution in [2.45, 2.75) is 57.7 Å². The Bertz CT molecular complexity index is 1160. The van der Waals surface area contributed by atoms with E-state index in [0.717, 1.165) is 42.4 Å². The van der Waals surface area contributed by atoms with Crippen LogP contribution in [0.15, 0.2) is 78.9 Å². The molecule has 6 nitrogen and oxygen atoms in total. The van der Waals surface area contributed by atoms with Crippen molar-refractivity contribution in [3.63, 3.8) is 0 Å². The van der Waals surface area contributed by atoms with Gasteiger partial charge in [-0.05, 0) is 55.2 Å². The average Bonchev–Trinajstić information content (AvgIpc) is 3.44. The average molecular weight is 501 g/mol. The standard InChI is InChI=1S/C31H36N2O4/c1-23-15-17-27(18-16-23)37-22-30(34)33(21-25-11-8-14-28(19-25)36-2)29(20-24-9-4-3-5-10-24)31(35)32-26-12-6-7-13-26/h3-5,8-11,14-19,26,29H,6-7,12-13,20-22H2,1-2H3,(H,32,35). The first kappa shape index (κ1) is 26.3. The molecule has 1 fully saturated rings. The smallest absolute Gasteiger partial charge is 0.261 e. The first-order chi connectivity index (χ1) is 18.0. The van der Waals surface area contributed by atoms with E-state index in [2.05, 4.69) is 5.32 Å². The summed E-state index contributed by atoms with van der Waals surface area (Å²) in [6.45, 7) is 2.11. The van der Waals surface area contributed by atoms with Crippen LogP contribution in [0, 0.1) is 6.92 Å². The minimum atomic E-state index is -0.677. The highest BCUT2D eigenvalue weighted by molar-refractivity contribution is 5.88. The molecule has 3 aromatic carbocycles. The molecular weight excluding hydrogens is 464 g/mol. The minimum Gasteiger partial charge on any atom is -0.497 e. The summed E-state index contributed by atoms with van der Waals surface area (Å²) in [7, 11) is 1.62. The molecule has 0 aromatic heterocycles. The lowest BCUT2D eigenvalue weighted by molar-refractivity contribution is -0.143. The maximum Gasteiger partial charge on any atom is 0.261 e. The third-order valence-corrected chi connectivity index (χ3v) is 6.84. The van der Waals surface area contributed by atoms with E-state index in [4.69, 9.17) is 9.47 Å². The molecule has 0 spiro atoms. The number of hydrogen-bond donors (Lipinski definition) is 1. The molecule has 194 valence electrons. The zero-order valence-corrected chi connectivity index (χ0v) is 21.7. The molecular formula is C31H36N2O4. The van der Waals surface area contributed by atoms with Gasteiger partial charge in [0.05, 0.1) is 7.11 Å². The largest absolute Gasteiger partial charge is 0.497 e. The zero-order chi connectivity index (χ0) is 26.0. The minimum absolute atomic E-state index is 0.123. The van der Waals surface area contributed by atoms with Crippen molar-refractivity contribution in [2.75, 3.05) is 13.7 Å². The first-order valence-corrected chi connectivity index (χ1v) is 13.0. The van der Waals surface area contributed by atoms with Crippen molar-refractivity contribution < 1.29 is 19.1 Å². The molecule has 37 heavy (non-hydrogen) atoms. The summed E-state index contributed by atoms with van der Waals surface area (Å²) < 4.78 is 11.2. The maximum absolute atomic E-state index is 13.7. The lowest BCUT2D eigenvalue weighted by Gasteiger charge is -2.32. The number of rotatable bonds is 11. The second-order valence-corrected chi connectivity index (χ2v) is 9.67. The van der Waals surface area contributed by atoms with Gasteiger partial charge in [-0.3, -0.25) is 9.59 Å². The van der Waals surface area contributed by atoms with E-state index < -0.39 is 6.04 Å². The van der Waals surface area contributed by atoms with Gasteiger partial charge in [0.2, 0.25) is 5.91 Å². The van der Waals surface area contributed by atoms with Crippen LogP contribution in [-0.4, -0.2) is 42.5 Å². The molecule has 0 bridgehead atoms. The number of nitrogens with zero attached hydrogens (tertiary/aromatic N) is 1. The number of amides is 2. The lowest BCUT2D eigenvalue weighted by Crippen LogP contribution is -2.53. The monoisotopic (exact) mass is 500 g/mol. The van der Waals surface area contributed by atoms with Crippen LogP contribution >= 0.6 is 0 Å². The molecule has 1 aliphatic rings. The highest BCUT2D eigenvalue weighted by atomic mass is 16.5. The van der Waals surface area contributed by atoms with Crippen molar-refractivity contribution in [2.24, 2.45) is 0 Å². The van der Waals surface area contributed by atoms with Gasteiger partial charge < -0.3 is 19.7 Å². The Hall–Kier alpha value is -3.80. The topological polar surface area (TPSA) is 67.9 Å². The van der Waals surface area contributed by atoms with E-state index in [9.17, 15) is 9.59 Å². The predicted molar refractivity (Wildman–Crippen MR) is 145 cm³/mol. The highest BCUT2D eigenvalue weighted by Gasteiger charge is 2.32. The lowest BCUT2D eigenvalue weighted by atomic mass is 10.0. The van der Waals surface area contributed by atoms with Crippen molar-refractivity contribution >= 4 is 11.8 Å². The maximum atomic E-state index is 13.7. The van der Waals surface area contributed by atoms with Crippen LogP contribution < -0.4 is 14.8 Å². The molecule has 3 aromatic rings. The number of nitrogens with one attached hydrogen (secondary N) is 1. The summed E-state index contributed by atoms with van der Waals surface area (Å²) in [5, 5.41) is 3.22. The van der Waals surface area contributed by atoms with Crippen molar-refractivity contribution in [3.05, 3.63) is 95.6 Å². The number of carbonyl (C=O) groups excluding carboxylic acids is 2. The number of aryl methyl sites for hydroxylation is 1. The molecule has 1 unspecified atom stereocenters. The van der Waals surface area contributed by atoms with Crippen LogP contribution in [0.3, 0.4) is 0 Å². The molecule has 1 saturated carbocycles. The van der Waals surface area contributed by atoms with E-state index in [0.29, 0.717) is 17.9 Å². The van der Waals surface area contributed by atoms with Gasteiger partial charge in [-0.25, -0.2) is 0 Å². The van der Waals surface area contributed by atoms with Gasteiger partial charge in [-0.2, -0.15) is 0 Å². The molecule has 1 N–H and O–H groups in total. The van der Waals surface area contributed by atoms with Crippen LogP contribution in [0.1, 0.15) is 42.4 Å². The number of carbonyl (C=O) groups is 2. The molecule has 0 saturated heterocycles. The molecule has 6 heteroatoms. The normalized spacial score (nSPS) is 14.1.